The molecular weight excluding hydrogens is 338 g/mol. The van der Waals surface area contributed by atoms with Crippen molar-refractivity contribution in [3.05, 3.63) is 17.1 Å². The molecule has 2 atom stereocenters. The van der Waals surface area contributed by atoms with E-state index in [0.717, 1.165) is 18.7 Å². The van der Waals surface area contributed by atoms with E-state index in [-0.39, 0.29) is 17.0 Å². The second-order valence-corrected chi connectivity index (χ2v) is 7.81. The van der Waals surface area contributed by atoms with Gasteiger partial charge in [-0.2, -0.15) is 0 Å². The summed E-state index contributed by atoms with van der Waals surface area (Å²) in [6.07, 6.45) is 2.28. The minimum atomic E-state index is -1.08. The van der Waals surface area contributed by atoms with Crippen LogP contribution in [-0.2, 0) is 9.59 Å². The molecule has 1 unspecified atom stereocenters. The predicted octanol–water partition coefficient (Wildman–Crippen LogP) is 0.355. The van der Waals surface area contributed by atoms with E-state index in [9.17, 15) is 14.7 Å². The number of carboxylic acid groups (broad SMARTS) is 1. The van der Waals surface area contributed by atoms with Crippen LogP contribution in [-0.4, -0.2) is 60.0 Å². The molecule has 3 aliphatic rings. The number of aromatic amines is 1. The maximum Gasteiger partial charge on any atom is 0.352 e. The summed E-state index contributed by atoms with van der Waals surface area (Å²) in [5, 5.41) is 16.9. The van der Waals surface area contributed by atoms with Gasteiger partial charge in [0.25, 0.3) is 0 Å². The van der Waals surface area contributed by atoms with Crippen molar-refractivity contribution >= 4 is 35.4 Å². The highest BCUT2D eigenvalue weighted by atomic mass is 32.2. The topological polar surface area (TPSA) is 125 Å². The molecule has 1 saturated heterocycles. The van der Waals surface area contributed by atoms with Crippen molar-refractivity contribution in [1.29, 1.82) is 0 Å². The van der Waals surface area contributed by atoms with Crippen LogP contribution >= 0.6 is 23.5 Å². The minimum absolute atomic E-state index is 0.0749. The summed E-state index contributed by atoms with van der Waals surface area (Å²) in [6, 6.07) is -0.599. The van der Waals surface area contributed by atoms with Crippen molar-refractivity contribution in [2.24, 2.45) is 5.73 Å². The lowest BCUT2D eigenvalue weighted by Crippen LogP contribution is -2.68. The highest BCUT2D eigenvalue weighted by molar-refractivity contribution is 8.01. The molecule has 1 aliphatic carbocycles. The zero-order chi connectivity index (χ0) is 16.1. The normalized spacial score (nSPS) is 27.0. The fraction of sp³-hybridized carbons (Fsp3) is 0.538. The summed E-state index contributed by atoms with van der Waals surface area (Å²) < 4.78 is 0. The number of amides is 1. The van der Waals surface area contributed by atoms with Crippen LogP contribution < -0.4 is 5.73 Å². The highest BCUT2D eigenvalue weighted by Gasteiger charge is 2.51. The first-order chi connectivity index (χ1) is 11.1. The molecule has 0 bridgehead atoms. The number of nitrogens with two attached hydrogens (primary N) is 1. The Morgan fingerprint density at radius 1 is 1.52 bits per heavy atom. The van der Waals surface area contributed by atoms with E-state index >= 15 is 0 Å². The monoisotopic (exact) mass is 353 g/mol. The molecular formula is C13H15N5O3S2. The van der Waals surface area contributed by atoms with Crippen molar-refractivity contribution in [3.63, 3.8) is 0 Å². The van der Waals surface area contributed by atoms with Crippen LogP contribution in [0.1, 0.15) is 24.6 Å². The number of nitrogens with one attached hydrogen (secondary N) is 1. The van der Waals surface area contributed by atoms with E-state index in [0.29, 0.717) is 28.2 Å². The van der Waals surface area contributed by atoms with Gasteiger partial charge in [-0.3, -0.25) is 14.8 Å². The quantitative estimate of drug-likeness (QED) is 0.512. The van der Waals surface area contributed by atoms with E-state index in [4.69, 9.17) is 5.73 Å². The lowest BCUT2D eigenvalue weighted by atomic mass is 10.0. The first-order valence-corrected chi connectivity index (χ1v) is 9.30. The molecule has 23 heavy (non-hydrogen) atoms. The van der Waals surface area contributed by atoms with Crippen molar-refractivity contribution in [3.8, 4) is 0 Å². The third kappa shape index (κ3) is 2.54. The lowest BCUT2D eigenvalue weighted by Gasteiger charge is -2.48. The van der Waals surface area contributed by atoms with E-state index in [1.54, 1.807) is 0 Å². The van der Waals surface area contributed by atoms with Gasteiger partial charge in [0.15, 0.2) is 0 Å². The third-order valence-electron chi connectivity index (χ3n) is 4.11. The Bertz CT molecular complexity index is 714. The van der Waals surface area contributed by atoms with Crippen molar-refractivity contribution in [1.82, 2.24) is 20.1 Å². The number of carbonyl (C=O) groups is 2. The standard InChI is InChI=1S/C13H15N5O3S2/c14-7-10(19)18-8(12(20)21)6(3-22-11(7)18)4-23-13-15-9(16-17-13)5-1-2-5/h5,7,11H,1-4,14H2,(H,20,21)(H,15,16,17)/t7?,11-/m1/s1. The van der Waals surface area contributed by atoms with Gasteiger partial charge in [-0.05, 0) is 18.4 Å². The summed E-state index contributed by atoms with van der Waals surface area (Å²) >= 11 is 2.89. The van der Waals surface area contributed by atoms with Gasteiger partial charge < -0.3 is 10.8 Å². The summed E-state index contributed by atoms with van der Waals surface area (Å²) in [7, 11) is 0. The first kappa shape index (κ1) is 15.0. The van der Waals surface area contributed by atoms with E-state index in [2.05, 4.69) is 15.2 Å². The molecule has 1 saturated carbocycles. The molecule has 1 aromatic rings. The molecule has 4 rings (SSSR count). The number of carboxylic acids is 1. The van der Waals surface area contributed by atoms with Crippen LogP contribution in [0.4, 0.5) is 0 Å². The SMILES string of the molecule is NC1C(=O)N2C(C(=O)O)=C(CSc3n[nH]c(C4CC4)n3)CS[C@H]12. The molecule has 0 aromatic carbocycles. The largest absolute Gasteiger partial charge is 0.477 e. The molecule has 2 aliphatic heterocycles. The fourth-order valence-corrected chi connectivity index (χ4v) is 4.94. The minimum Gasteiger partial charge on any atom is -0.477 e. The Morgan fingerprint density at radius 2 is 2.30 bits per heavy atom. The second kappa shape index (κ2) is 5.53. The maximum atomic E-state index is 11.9. The number of fused-ring (bicyclic) bond motifs is 1. The summed E-state index contributed by atoms with van der Waals surface area (Å²) in [5.74, 6) is 0.994. The van der Waals surface area contributed by atoms with Gasteiger partial charge in [0.05, 0.1) is 0 Å². The Balaban J connectivity index is 1.51. The number of aromatic nitrogens is 3. The summed E-state index contributed by atoms with van der Waals surface area (Å²) in [4.78, 5) is 29.2. The second-order valence-electron chi connectivity index (χ2n) is 5.76. The molecule has 1 amide bonds. The first-order valence-electron chi connectivity index (χ1n) is 7.27. The smallest absolute Gasteiger partial charge is 0.352 e. The average molecular weight is 353 g/mol. The number of H-pyrrole nitrogens is 1. The number of β-lactam (4-membered cyclic amide) rings is 1. The molecule has 3 heterocycles. The zero-order valence-corrected chi connectivity index (χ0v) is 13.7. The molecule has 122 valence electrons. The van der Waals surface area contributed by atoms with Crippen molar-refractivity contribution < 1.29 is 14.7 Å². The summed E-state index contributed by atoms with van der Waals surface area (Å²) in [5.41, 5.74) is 6.51. The Labute approximate surface area is 140 Å². The highest BCUT2D eigenvalue weighted by Crippen LogP contribution is 2.41. The van der Waals surface area contributed by atoms with Crippen LogP contribution in [0.15, 0.2) is 16.4 Å². The van der Waals surface area contributed by atoms with Gasteiger partial charge in [0.1, 0.15) is 22.9 Å². The average Bonchev–Trinajstić information content (AvgIpc) is 3.29. The Kier molecular flexibility index (Phi) is 3.62. The molecule has 1 aromatic heterocycles. The van der Waals surface area contributed by atoms with E-state index in [1.807, 2.05) is 0 Å². The maximum absolute atomic E-state index is 11.9. The van der Waals surface area contributed by atoms with Crippen molar-refractivity contribution in [2.75, 3.05) is 11.5 Å². The van der Waals surface area contributed by atoms with Crippen LogP contribution in [0.5, 0.6) is 0 Å². The molecule has 0 radical (unpaired) electrons. The van der Waals surface area contributed by atoms with Crippen molar-refractivity contribution in [2.45, 2.75) is 35.3 Å². The van der Waals surface area contributed by atoms with Crippen LogP contribution in [0.2, 0.25) is 0 Å². The molecule has 2 fully saturated rings. The predicted molar refractivity (Wildman–Crippen MR) is 84.8 cm³/mol. The Morgan fingerprint density at radius 3 is 3.00 bits per heavy atom. The van der Waals surface area contributed by atoms with Crippen LogP contribution in [0, 0.1) is 0 Å². The van der Waals surface area contributed by atoms with Gasteiger partial charge in [0.2, 0.25) is 11.1 Å². The molecule has 0 spiro atoms. The number of hydrogen-bond donors (Lipinski definition) is 3. The fourth-order valence-electron chi connectivity index (χ4n) is 2.70. The van der Waals surface area contributed by atoms with Gasteiger partial charge in [-0.1, -0.05) is 11.8 Å². The molecule has 4 N–H and O–H groups in total. The number of aliphatic carboxylic acids is 1. The molecule has 10 heteroatoms. The van der Waals surface area contributed by atoms with Gasteiger partial charge >= 0.3 is 5.97 Å². The molecule has 8 nitrogen and oxygen atoms in total. The summed E-state index contributed by atoms with van der Waals surface area (Å²) in [6.45, 7) is 0. The number of thioether (sulfide) groups is 2. The number of hydrogen-bond acceptors (Lipinski definition) is 7. The lowest BCUT2D eigenvalue weighted by molar-refractivity contribution is -0.147. The number of carbonyl (C=O) groups excluding carboxylic acids is 1. The number of rotatable bonds is 5. The van der Waals surface area contributed by atoms with Crippen LogP contribution in [0.3, 0.4) is 0 Å². The zero-order valence-electron chi connectivity index (χ0n) is 12.1. The van der Waals surface area contributed by atoms with E-state index in [1.165, 1.54) is 28.4 Å². The third-order valence-corrected chi connectivity index (χ3v) is 6.41. The van der Waals surface area contributed by atoms with Gasteiger partial charge in [-0.15, -0.1) is 16.9 Å². The van der Waals surface area contributed by atoms with Crippen LogP contribution in [0.25, 0.3) is 0 Å². The van der Waals surface area contributed by atoms with Gasteiger partial charge in [0, 0.05) is 17.4 Å². The Hall–Kier alpha value is -1.52. The van der Waals surface area contributed by atoms with E-state index < -0.39 is 12.0 Å². The number of nitrogens with zero attached hydrogens (tertiary/aromatic N) is 3. The van der Waals surface area contributed by atoms with Gasteiger partial charge in [-0.25, -0.2) is 9.78 Å².